The number of carbonyl (C=O) groups is 3. The zero-order chi connectivity index (χ0) is 24.9. The third-order valence-corrected chi connectivity index (χ3v) is 6.12. The minimum Gasteiger partial charge on any atom is -0.478 e. The molecule has 1 atom stereocenters. The molecule has 1 aliphatic carbocycles. The molecular formula is C28H27NO6. The van der Waals surface area contributed by atoms with E-state index in [1.54, 1.807) is 26.0 Å². The second-order valence-corrected chi connectivity index (χ2v) is 8.80. The number of amides is 1. The summed E-state index contributed by atoms with van der Waals surface area (Å²) in [6.07, 6.45) is -0.687. The summed E-state index contributed by atoms with van der Waals surface area (Å²) in [4.78, 5) is 36.3. The Morgan fingerprint density at radius 1 is 0.857 bits per heavy atom. The topological polar surface area (TPSA) is 102 Å². The number of carboxylic acid groups (broad SMARTS) is 1. The Hall–Kier alpha value is -4.13. The Labute approximate surface area is 203 Å². The summed E-state index contributed by atoms with van der Waals surface area (Å²) >= 11 is 0. The smallest absolute Gasteiger partial charge is 0.407 e. The summed E-state index contributed by atoms with van der Waals surface area (Å²) in [6, 6.07) is 21.3. The molecule has 0 aliphatic heterocycles. The number of hydrogen-bond acceptors (Lipinski definition) is 5. The van der Waals surface area contributed by atoms with Crippen LogP contribution in [0, 0.1) is 5.92 Å². The van der Waals surface area contributed by atoms with Crippen molar-refractivity contribution in [2.75, 3.05) is 6.61 Å². The summed E-state index contributed by atoms with van der Waals surface area (Å²) in [5, 5.41) is 11.6. The van der Waals surface area contributed by atoms with Crippen molar-refractivity contribution in [3.05, 3.63) is 95.1 Å². The minimum absolute atomic E-state index is 0.0334. The van der Waals surface area contributed by atoms with Crippen LogP contribution in [0.5, 0.6) is 0 Å². The van der Waals surface area contributed by atoms with Gasteiger partial charge in [-0.25, -0.2) is 14.4 Å². The highest BCUT2D eigenvalue weighted by atomic mass is 16.6. The number of aromatic carboxylic acids is 1. The van der Waals surface area contributed by atoms with Crippen LogP contribution < -0.4 is 5.32 Å². The van der Waals surface area contributed by atoms with Crippen LogP contribution in [0.1, 0.15) is 46.8 Å². The van der Waals surface area contributed by atoms with Gasteiger partial charge in [-0.3, -0.25) is 0 Å². The van der Waals surface area contributed by atoms with Gasteiger partial charge in [-0.15, -0.1) is 0 Å². The third-order valence-electron chi connectivity index (χ3n) is 6.12. The number of fused-ring (bicyclic) bond motifs is 3. The van der Waals surface area contributed by atoms with Crippen LogP contribution in [-0.4, -0.2) is 35.8 Å². The Kier molecular flexibility index (Phi) is 7.15. The lowest BCUT2D eigenvalue weighted by atomic mass is 9.98. The molecule has 0 heterocycles. The number of benzene rings is 3. The molecule has 4 rings (SSSR count). The highest BCUT2D eigenvalue weighted by Gasteiger charge is 2.30. The molecule has 0 bridgehead atoms. The van der Waals surface area contributed by atoms with Crippen molar-refractivity contribution in [1.29, 1.82) is 0 Å². The number of ether oxygens (including phenoxy) is 2. The summed E-state index contributed by atoms with van der Waals surface area (Å²) in [7, 11) is 0. The van der Waals surface area contributed by atoms with Crippen molar-refractivity contribution in [2.24, 2.45) is 5.92 Å². The first kappa shape index (κ1) is 24.0. The van der Waals surface area contributed by atoms with Crippen LogP contribution >= 0.6 is 0 Å². The Morgan fingerprint density at radius 2 is 1.43 bits per heavy atom. The molecule has 7 heteroatoms. The maximum Gasteiger partial charge on any atom is 0.407 e. The number of nitrogens with one attached hydrogen (secondary N) is 1. The van der Waals surface area contributed by atoms with Gasteiger partial charge in [0.15, 0.2) is 0 Å². The van der Waals surface area contributed by atoms with E-state index < -0.39 is 24.1 Å². The van der Waals surface area contributed by atoms with Crippen molar-refractivity contribution in [3.63, 3.8) is 0 Å². The van der Waals surface area contributed by atoms with Gasteiger partial charge in [0.05, 0.1) is 5.56 Å². The van der Waals surface area contributed by atoms with Gasteiger partial charge < -0.3 is 19.9 Å². The molecule has 0 saturated carbocycles. The summed E-state index contributed by atoms with van der Waals surface area (Å²) in [5.41, 5.74) is 5.28. The van der Waals surface area contributed by atoms with Gasteiger partial charge in [-0.05, 0) is 45.9 Å². The molecule has 3 aromatic rings. The number of rotatable bonds is 8. The van der Waals surface area contributed by atoms with E-state index in [1.807, 2.05) is 36.4 Å². The van der Waals surface area contributed by atoms with Crippen molar-refractivity contribution < 1.29 is 29.0 Å². The largest absolute Gasteiger partial charge is 0.478 e. The fourth-order valence-electron chi connectivity index (χ4n) is 4.25. The molecular weight excluding hydrogens is 446 g/mol. The fraction of sp³-hybridized carbons (Fsp3) is 0.250. The molecule has 1 amide bonds. The van der Waals surface area contributed by atoms with E-state index >= 15 is 0 Å². The lowest BCUT2D eigenvalue weighted by Crippen LogP contribution is -2.45. The predicted molar refractivity (Wildman–Crippen MR) is 130 cm³/mol. The second kappa shape index (κ2) is 10.4. The number of hydrogen-bond donors (Lipinski definition) is 2. The number of carbonyl (C=O) groups excluding carboxylic acids is 2. The lowest BCUT2D eigenvalue weighted by Gasteiger charge is -2.21. The molecule has 1 aliphatic rings. The molecule has 2 N–H and O–H groups in total. The van der Waals surface area contributed by atoms with E-state index in [0.29, 0.717) is 5.56 Å². The summed E-state index contributed by atoms with van der Waals surface area (Å²) < 4.78 is 10.9. The highest BCUT2D eigenvalue weighted by molar-refractivity contribution is 5.87. The molecule has 7 nitrogen and oxygen atoms in total. The molecule has 3 aromatic carbocycles. The SMILES string of the molecule is CC(C)[C@H](NC(=O)OCC1c2ccccc2-c2ccccc21)C(=O)OCc1ccc(C(=O)O)cc1. The molecule has 180 valence electrons. The lowest BCUT2D eigenvalue weighted by molar-refractivity contribution is -0.148. The number of alkyl carbamates (subject to hydrolysis) is 1. The quantitative estimate of drug-likeness (QED) is 0.447. The number of carboxylic acids is 1. The normalized spacial score (nSPS) is 13.0. The zero-order valence-corrected chi connectivity index (χ0v) is 19.6. The standard InChI is InChI=1S/C28H27NO6/c1-17(2)25(27(32)34-15-18-11-13-19(14-12-18)26(30)31)29-28(33)35-16-24-22-9-5-3-7-20(22)21-8-4-6-10-23(21)24/h3-14,17,24-25H,15-16H2,1-2H3,(H,29,33)(H,30,31)/t25-/m0/s1. The Bertz CT molecular complexity index is 1190. The minimum atomic E-state index is -1.03. The first-order chi connectivity index (χ1) is 16.8. The van der Waals surface area contributed by atoms with Crippen LogP contribution in [0.25, 0.3) is 11.1 Å². The van der Waals surface area contributed by atoms with Crippen molar-refractivity contribution in [3.8, 4) is 11.1 Å². The molecule has 0 radical (unpaired) electrons. The van der Waals surface area contributed by atoms with Crippen LogP contribution in [0.2, 0.25) is 0 Å². The third kappa shape index (κ3) is 5.35. The fourth-order valence-corrected chi connectivity index (χ4v) is 4.25. The van der Waals surface area contributed by atoms with E-state index in [-0.39, 0.29) is 30.6 Å². The number of esters is 1. The molecule has 0 spiro atoms. The van der Waals surface area contributed by atoms with E-state index in [1.165, 1.54) is 12.1 Å². The van der Waals surface area contributed by atoms with Crippen molar-refractivity contribution >= 4 is 18.0 Å². The van der Waals surface area contributed by atoms with Crippen molar-refractivity contribution in [1.82, 2.24) is 5.32 Å². The highest BCUT2D eigenvalue weighted by Crippen LogP contribution is 2.44. The van der Waals surface area contributed by atoms with Gasteiger partial charge in [0.1, 0.15) is 19.3 Å². The van der Waals surface area contributed by atoms with Crippen molar-refractivity contribution in [2.45, 2.75) is 32.4 Å². The van der Waals surface area contributed by atoms with E-state index in [9.17, 15) is 14.4 Å². The van der Waals surface area contributed by atoms with Gasteiger partial charge in [-0.1, -0.05) is 74.5 Å². The summed E-state index contributed by atoms with van der Waals surface area (Å²) in [6.45, 7) is 3.72. The van der Waals surface area contributed by atoms with Crippen LogP contribution in [0.15, 0.2) is 72.8 Å². The Balaban J connectivity index is 1.35. The first-order valence-electron chi connectivity index (χ1n) is 11.5. The monoisotopic (exact) mass is 473 g/mol. The average Bonchev–Trinajstić information content (AvgIpc) is 3.18. The average molecular weight is 474 g/mol. The predicted octanol–water partition coefficient (Wildman–Crippen LogP) is 4.99. The van der Waals surface area contributed by atoms with Gasteiger partial charge in [-0.2, -0.15) is 0 Å². The van der Waals surface area contributed by atoms with Crippen LogP contribution in [-0.2, 0) is 20.9 Å². The van der Waals surface area contributed by atoms with Gasteiger partial charge in [0, 0.05) is 5.92 Å². The summed E-state index contributed by atoms with van der Waals surface area (Å²) in [5.74, 6) is -1.92. The molecule has 0 aromatic heterocycles. The maximum atomic E-state index is 12.7. The van der Waals surface area contributed by atoms with E-state index in [0.717, 1.165) is 22.3 Å². The zero-order valence-electron chi connectivity index (χ0n) is 19.6. The molecule has 0 fully saturated rings. The second-order valence-electron chi connectivity index (χ2n) is 8.80. The molecule has 35 heavy (non-hydrogen) atoms. The van der Waals surface area contributed by atoms with Gasteiger partial charge in [0.25, 0.3) is 0 Å². The van der Waals surface area contributed by atoms with Crippen LogP contribution in [0.3, 0.4) is 0 Å². The van der Waals surface area contributed by atoms with Gasteiger partial charge >= 0.3 is 18.0 Å². The maximum absolute atomic E-state index is 12.7. The Morgan fingerprint density at radius 3 is 1.97 bits per heavy atom. The first-order valence-corrected chi connectivity index (χ1v) is 11.5. The van der Waals surface area contributed by atoms with E-state index in [4.69, 9.17) is 14.6 Å². The molecule has 0 saturated heterocycles. The van der Waals surface area contributed by atoms with E-state index in [2.05, 4.69) is 17.4 Å². The van der Waals surface area contributed by atoms with Gasteiger partial charge in [0.2, 0.25) is 0 Å². The molecule has 0 unspecified atom stereocenters. The van der Waals surface area contributed by atoms with Crippen LogP contribution in [0.4, 0.5) is 4.79 Å².